The first-order chi connectivity index (χ1) is 8.26. The van der Waals surface area contributed by atoms with Gasteiger partial charge in [0.1, 0.15) is 5.75 Å². The van der Waals surface area contributed by atoms with Crippen molar-refractivity contribution in [1.29, 1.82) is 5.26 Å². The molecule has 2 rings (SSSR count). The molecule has 0 unspecified atom stereocenters. The maximum atomic E-state index is 8.56. The highest BCUT2D eigenvalue weighted by Crippen LogP contribution is 2.32. The standard InChI is InChI=1S/C13H14N2OS/c1-15-9-13(17-7-3-6-14)11-8-10(16-2)4-5-12(11)15/h4-5,8-9H,3,7H2,1-2H3. The molecule has 1 aromatic heterocycles. The number of benzene rings is 1. The van der Waals surface area contributed by atoms with Crippen LogP contribution in [0.4, 0.5) is 0 Å². The second kappa shape index (κ2) is 5.15. The van der Waals surface area contributed by atoms with Crippen molar-refractivity contribution in [1.82, 2.24) is 4.57 Å². The lowest BCUT2D eigenvalue weighted by atomic mass is 10.2. The molecule has 4 heteroatoms. The molecule has 0 amide bonds. The first-order valence-electron chi connectivity index (χ1n) is 5.39. The fourth-order valence-corrected chi connectivity index (χ4v) is 2.75. The molecule has 0 bridgehead atoms. The first kappa shape index (κ1) is 11.9. The first-order valence-corrected chi connectivity index (χ1v) is 6.37. The summed E-state index contributed by atoms with van der Waals surface area (Å²) >= 11 is 1.72. The summed E-state index contributed by atoms with van der Waals surface area (Å²) < 4.78 is 7.34. The van der Waals surface area contributed by atoms with E-state index in [-0.39, 0.29) is 0 Å². The summed E-state index contributed by atoms with van der Waals surface area (Å²) in [5, 5.41) is 9.75. The summed E-state index contributed by atoms with van der Waals surface area (Å²) in [4.78, 5) is 1.21. The van der Waals surface area contributed by atoms with E-state index in [1.165, 1.54) is 15.8 Å². The fraction of sp³-hybridized carbons (Fsp3) is 0.308. The quantitative estimate of drug-likeness (QED) is 0.614. The maximum absolute atomic E-state index is 8.56. The molecule has 88 valence electrons. The Kier molecular flexibility index (Phi) is 3.60. The van der Waals surface area contributed by atoms with Crippen molar-refractivity contribution in [2.75, 3.05) is 12.9 Å². The Morgan fingerprint density at radius 3 is 3.00 bits per heavy atom. The third-order valence-corrected chi connectivity index (χ3v) is 3.68. The van der Waals surface area contributed by atoms with E-state index in [4.69, 9.17) is 10.00 Å². The number of ether oxygens (including phenoxy) is 1. The number of hydrogen-bond donors (Lipinski definition) is 0. The van der Waals surface area contributed by atoms with Gasteiger partial charge in [0.25, 0.3) is 0 Å². The summed E-state index contributed by atoms with van der Waals surface area (Å²) in [6, 6.07) is 8.23. The summed E-state index contributed by atoms with van der Waals surface area (Å²) in [6.07, 6.45) is 2.68. The van der Waals surface area contributed by atoms with Gasteiger partial charge in [-0.15, -0.1) is 11.8 Å². The number of methoxy groups -OCH3 is 1. The van der Waals surface area contributed by atoms with E-state index in [0.29, 0.717) is 6.42 Å². The fourth-order valence-electron chi connectivity index (χ4n) is 1.78. The van der Waals surface area contributed by atoms with Crippen molar-refractivity contribution in [2.45, 2.75) is 11.3 Å². The van der Waals surface area contributed by atoms with E-state index in [0.717, 1.165) is 11.5 Å². The smallest absolute Gasteiger partial charge is 0.119 e. The Bertz CT molecular complexity index is 569. The third kappa shape index (κ3) is 2.40. The molecule has 17 heavy (non-hydrogen) atoms. The molecule has 0 atom stereocenters. The van der Waals surface area contributed by atoms with Gasteiger partial charge in [0.15, 0.2) is 0 Å². The number of aromatic nitrogens is 1. The molecule has 0 aliphatic rings. The molecule has 1 heterocycles. The number of hydrogen-bond acceptors (Lipinski definition) is 3. The van der Waals surface area contributed by atoms with Gasteiger partial charge < -0.3 is 9.30 Å². The van der Waals surface area contributed by atoms with E-state index < -0.39 is 0 Å². The lowest BCUT2D eigenvalue weighted by Gasteiger charge is -2.01. The highest BCUT2D eigenvalue weighted by molar-refractivity contribution is 7.99. The van der Waals surface area contributed by atoms with Crippen molar-refractivity contribution in [3.8, 4) is 11.8 Å². The van der Waals surface area contributed by atoms with Gasteiger partial charge in [-0.05, 0) is 18.2 Å². The Labute approximate surface area is 105 Å². The van der Waals surface area contributed by atoms with Crippen LogP contribution in [-0.4, -0.2) is 17.4 Å². The van der Waals surface area contributed by atoms with Crippen molar-refractivity contribution in [3.63, 3.8) is 0 Å². The number of rotatable bonds is 4. The number of fused-ring (bicyclic) bond motifs is 1. The van der Waals surface area contributed by atoms with Crippen LogP contribution in [0.1, 0.15) is 6.42 Å². The molecular formula is C13H14N2OS. The van der Waals surface area contributed by atoms with Gasteiger partial charge in [-0.2, -0.15) is 5.26 Å². The van der Waals surface area contributed by atoms with Gasteiger partial charge >= 0.3 is 0 Å². The highest BCUT2D eigenvalue weighted by atomic mass is 32.2. The average molecular weight is 246 g/mol. The third-order valence-electron chi connectivity index (χ3n) is 2.63. The predicted molar refractivity (Wildman–Crippen MR) is 70.4 cm³/mol. The number of nitriles is 1. The normalized spacial score (nSPS) is 10.4. The monoisotopic (exact) mass is 246 g/mol. The molecule has 0 fully saturated rings. The molecule has 3 nitrogen and oxygen atoms in total. The van der Waals surface area contributed by atoms with Gasteiger partial charge in [0, 0.05) is 41.2 Å². The van der Waals surface area contributed by atoms with E-state index in [1.807, 2.05) is 19.2 Å². The molecule has 0 aliphatic carbocycles. The van der Waals surface area contributed by atoms with Crippen LogP contribution in [0.3, 0.4) is 0 Å². The average Bonchev–Trinajstić information content (AvgIpc) is 2.66. The molecule has 0 spiro atoms. The van der Waals surface area contributed by atoms with Crippen molar-refractivity contribution >= 4 is 22.7 Å². The van der Waals surface area contributed by atoms with E-state index >= 15 is 0 Å². The van der Waals surface area contributed by atoms with Crippen molar-refractivity contribution < 1.29 is 4.74 Å². The van der Waals surface area contributed by atoms with Gasteiger partial charge in [-0.3, -0.25) is 0 Å². The molecular weight excluding hydrogens is 232 g/mol. The van der Waals surface area contributed by atoms with E-state index in [1.54, 1.807) is 18.9 Å². The zero-order chi connectivity index (χ0) is 12.3. The number of thioether (sulfide) groups is 1. The molecule has 0 saturated carbocycles. The largest absolute Gasteiger partial charge is 0.497 e. The molecule has 0 aliphatic heterocycles. The van der Waals surface area contributed by atoms with Crippen LogP contribution in [0.2, 0.25) is 0 Å². The molecule has 0 N–H and O–H groups in total. The van der Waals surface area contributed by atoms with Gasteiger partial charge in [-0.25, -0.2) is 0 Å². The van der Waals surface area contributed by atoms with Gasteiger partial charge in [-0.1, -0.05) is 0 Å². The topological polar surface area (TPSA) is 37.9 Å². The van der Waals surface area contributed by atoms with Crippen LogP contribution in [-0.2, 0) is 7.05 Å². The predicted octanol–water partition coefficient (Wildman–Crippen LogP) is 3.19. The lowest BCUT2D eigenvalue weighted by molar-refractivity contribution is 0.415. The minimum Gasteiger partial charge on any atom is -0.497 e. The number of nitrogens with zero attached hydrogens (tertiary/aromatic N) is 2. The number of aryl methyl sites for hydroxylation is 1. The minimum absolute atomic E-state index is 0.574. The maximum Gasteiger partial charge on any atom is 0.119 e. The van der Waals surface area contributed by atoms with Crippen LogP contribution in [0, 0.1) is 11.3 Å². The van der Waals surface area contributed by atoms with E-state index in [2.05, 4.69) is 22.9 Å². The van der Waals surface area contributed by atoms with Gasteiger partial charge in [0.2, 0.25) is 0 Å². The lowest BCUT2D eigenvalue weighted by Crippen LogP contribution is -1.84. The zero-order valence-electron chi connectivity index (χ0n) is 9.93. The van der Waals surface area contributed by atoms with Gasteiger partial charge in [0.05, 0.1) is 13.2 Å². The van der Waals surface area contributed by atoms with Crippen molar-refractivity contribution in [2.24, 2.45) is 7.05 Å². The molecule has 2 aromatic rings. The summed E-state index contributed by atoms with van der Waals surface area (Å²) in [6.45, 7) is 0. The van der Waals surface area contributed by atoms with Crippen LogP contribution >= 0.6 is 11.8 Å². The van der Waals surface area contributed by atoms with Crippen molar-refractivity contribution in [3.05, 3.63) is 24.4 Å². The minimum atomic E-state index is 0.574. The van der Waals surface area contributed by atoms with Crippen LogP contribution < -0.4 is 4.74 Å². The Balaban J connectivity index is 2.38. The summed E-state index contributed by atoms with van der Waals surface area (Å²) in [5.41, 5.74) is 1.19. The second-order valence-corrected chi connectivity index (χ2v) is 4.88. The highest BCUT2D eigenvalue weighted by Gasteiger charge is 2.07. The molecule has 0 radical (unpaired) electrons. The summed E-state index contributed by atoms with van der Waals surface area (Å²) in [5.74, 6) is 1.69. The van der Waals surface area contributed by atoms with Crippen LogP contribution in [0.25, 0.3) is 10.9 Å². The van der Waals surface area contributed by atoms with E-state index in [9.17, 15) is 0 Å². The van der Waals surface area contributed by atoms with Crippen LogP contribution in [0.15, 0.2) is 29.3 Å². The van der Waals surface area contributed by atoms with Crippen LogP contribution in [0.5, 0.6) is 5.75 Å². The SMILES string of the molecule is COc1ccc2c(c1)c(SCCC#N)cn2C. The molecule has 1 aromatic carbocycles. The zero-order valence-corrected chi connectivity index (χ0v) is 10.8. The Morgan fingerprint density at radius 2 is 2.29 bits per heavy atom. The molecule has 0 saturated heterocycles. The Hall–Kier alpha value is -1.60. The second-order valence-electron chi connectivity index (χ2n) is 3.74. The Morgan fingerprint density at radius 1 is 1.47 bits per heavy atom. The summed E-state index contributed by atoms with van der Waals surface area (Å²) in [7, 11) is 3.70.